The van der Waals surface area contributed by atoms with E-state index in [2.05, 4.69) is 0 Å². The first-order valence-electron chi connectivity index (χ1n) is 9.08. The van der Waals surface area contributed by atoms with Crippen molar-refractivity contribution in [1.82, 2.24) is 4.90 Å². The summed E-state index contributed by atoms with van der Waals surface area (Å²) in [5.74, 6) is 1.40. The van der Waals surface area contributed by atoms with Crippen LogP contribution in [0, 0.1) is 0 Å². The largest absolute Gasteiger partial charge is 0.493 e. The minimum atomic E-state index is 0.0378. The smallest absolute Gasteiger partial charge is 0.254 e. The maximum absolute atomic E-state index is 12.9. The lowest BCUT2D eigenvalue weighted by atomic mass is 10.0. The molecule has 1 aliphatic heterocycles. The molecule has 0 aromatic heterocycles. The second-order valence-corrected chi connectivity index (χ2v) is 6.77. The van der Waals surface area contributed by atoms with E-state index in [4.69, 9.17) is 15.2 Å². The van der Waals surface area contributed by atoms with Crippen LogP contribution < -0.4 is 15.2 Å². The molecule has 0 unspecified atom stereocenters. The Labute approximate surface area is 144 Å². The van der Waals surface area contributed by atoms with Gasteiger partial charge in [-0.05, 0) is 63.1 Å². The molecule has 1 amide bonds. The normalized spacial score (nSPS) is 21.8. The fourth-order valence-corrected chi connectivity index (χ4v) is 3.76. The number of piperidine rings is 1. The topological polar surface area (TPSA) is 64.8 Å². The number of nitrogens with two attached hydrogens (primary N) is 1. The predicted octanol–water partition coefficient (Wildman–Crippen LogP) is 2.97. The second kappa shape index (κ2) is 7.88. The van der Waals surface area contributed by atoms with Crippen molar-refractivity contribution in [3.8, 4) is 11.5 Å². The Morgan fingerprint density at radius 1 is 1.17 bits per heavy atom. The molecule has 132 valence electrons. The van der Waals surface area contributed by atoms with Gasteiger partial charge in [-0.1, -0.05) is 0 Å². The summed E-state index contributed by atoms with van der Waals surface area (Å²) in [6.07, 6.45) is 8.07. The molecule has 3 rings (SSSR count). The van der Waals surface area contributed by atoms with Crippen molar-refractivity contribution in [1.29, 1.82) is 0 Å². The maximum Gasteiger partial charge on any atom is 0.254 e. The molecular weight excluding hydrogens is 304 g/mol. The van der Waals surface area contributed by atoms with E-state index in [1.165, 1.54) is 12.8 Å². The third kappa shape index (κ3) is 3.66. The SMILES string of the molecule is COc1cc(C(=O)N2CCCC[C@@H]2CN)ccc1OC1CCCC1. The molecule has 1 saturated heterocycles. The molecule has 24 heavy (non-hydrogen) atoms. The molecule has 1 saturated carbocycles. The lowest BCUT2D eigenvalue weighted by molar-refractivity contribution is 0.0623. The van der Waals surface area contributed by atoms with Crippen LogP contribution >= 0.6 is 0 Å². The lowest BCUT2D eigenvalue weighted by Crippen LogP contribution is -2.47. The number of hydrogen-bond acceptors (Lipinski definition) is 4. The van der Waals surface area contributed by atoms with Crippen LogP contribution in [0.25, 0.3) is 0 Å². The fraction of sp³-hybridized carbons (Fsp3) is 0.632. The predicted molar refractivity (Wildman–Crippen MR) is 93.6 cm³/mol. The molecule has 1 aromatic carbocycles. The third-order valence-corrected chi connectivity index (χ3v) is 5.17. The van der Waals surface area contributed by atoms with Crippen LogP contribution in [0.2, 0.25) is 0 Å². The van der Waals surface area contributed by atoms with Gasteiger partial charge in [-0.15, -0.1) is 0 Å². The zero-order valence-electron chi connectivity index (χ0n) is 14.5. The minimum absolute atomic E-state index is 0.0378. The Bertz CT molecular complexity index is 570. The zero-order valence-corrected chi connectivity index (χ0v) is 14.5. The van der Waals surface area contributed by atoms with E-state index in [1.807, 2.05) is 17.0 Å². The number of benzene rings is 1. The van der Waals surface area contributed by atoms with Crippen molar-refractivity contribution >= 4 is 5.91 Å². The van der Waals surface area contributed by atoms with Crippen molar-refractivity contribution in [2.45, 2.75) is 57.1 Å². The highest BCUT2D eigenvalue weighted by atomic mass is 16.5. The van der Waals surface area contributed by atoms with Crippen molar-refractivity contribution in [3.05, 3.63) is 23.8 Å². The number of likely N-dealkylation sites (tertiary alicyclic amines) is 1. The molecule has 0 spiro atoms. The van der Waals surface area contributed by atoms with Gasteiger partial charge in [0.15, 0.2) is 11.5 Å². The van der Waals surface area contributed by atoms with Gasteiger partial charge in [0.25, 0.3) is 5.91 Å². The van der Waals surface area contributed by atoms with E-state index in [9.17, 15) is 4.79 Å². The van der Waals surface area contributed by atoms with Gasteiger partial charge in [-0.25, -0.2) is 0 Å². The molecule has 0 bridgehead atoms. The first-order chi connectivity index (χ1) is 11.7. The third-order valence-electron chi connectivity index (χ3n) is 5.17. The average Bonchev–Trinajstić information content (AvgIpc) is 3.14. The highest BCUT2D eigenvalue weighted by molar-refractivity contribution is 5.95. The van der Waals surface area contributed by atoms with Crippen LogP contribution in [0.3, 0.4) is 0 Å². The van der Waals surface area contributed by atoms with Crippen molar-refractivity contribution in [2.24, 2.45) is 5.73 Å². The van der Waals surface area contributed by atoms with Gasteiger partial charge in [-0.3, -0.25) is 4.79 Å². The summed E-state index contributed by atoms with van der Waals surface area (Å²) in [4.78, 5) is 14.8. The van der Waals surface area contributed by atoms with Gasteiger partial charge in [-0.2, -0.15) is 0 Å². The van der Waals surface area contributed by atoms with Crippen LogP contribution in [-0.2, 0) is 0 Å². The van der Waals surface area contributed by atoms with Crippen LogP contribution in [0.4, 0.5) is 0 Å². The number of amides is 1. The number of methoxy groups -OCH3 is 1. The standard InChI is InChI=1S/C19H28N2O3/c1-23-18-12-14(9-10-17(18)24-16-7-2-3-8-16)19(22)21-11-5-4-6-15(21)13-20/h9-10,12,15-16H,2-8,11,13,20H2,1H3/t15-/m1/s1. The summed E-state index contributed by atoms with van der Waals surface area (Å²) in [6.45, 7) is 1.30. The van der Waals surface area contributed by atoms with Gasteiger partial charge >= 0.3 is 0 Å². The Morgan fingerprint density at radius 2 is 1.92 bits per heavy atom. The molecule has 5 heteroatoms. The van der Waals surface area contributed by atoms with E-state index in [0.717, 1.165) is 44.4 Å². The van der Waals surface area contributed by atoms with Gasteiger partial charge in [0, 0.05) is 24.7 Å². The average molecular weight is 332 g/mol. The molecular formula is C19H28N2O3. The summed E-state index contributed by atoms with van der Waals surface area (Å²) in [7, 11) is 1.62. The summed E-state index contributed by atoms with van der Waals surface area (Å²) in [6, 6.07) is 5.66. The number of hydrogen-bond donors (Lipinski definition) is 1. The molecule has 0 radical (unpaired) electrons. The first-order valence-corrected chi connectivity index (χ1v) is 9.08. The molecule has 5 nitrogen and oxygen atoms in total. The molecule has 1 heterocycles. The zero-order chi connectivity index (χ0) is 16.9. The number of rotatable bonds is 5. The van der Waals surface area contributed by atoms with Gasteiger partial charge in [0.1, 0.15) is 0 Å². The number of nitrogens with zero attached hydrogens (tertiary/aromatic N) is 1. The van der Waals surface area contributed by atoms with Crippen LogP contribution in [-0.4, -0.2) is 43.2 Å². The molecule has 2 fully saturated rings. The van der Waals surface area contributed by atoms with Crippen LogP contribution in [0.15, 0.2) is 18.2 Å². The first kappa shape index (κ1) is 17.1. The monoisotopic (exact) mass is 332 g/mol. The summed E-state index contributed by atoms with van der Waals surface area (Å²) < 4.78 is 11.5. The Balaban J connectivity index is 1.76. The number of carbonyl (C=O) groups is 1. The van der Waals surface area contributed by atoms with Gasteiger partial charge in [0.05, 0.1) is 13.2 Å². The van der Waals surface area contributed by atoms with E-state index in [-0.39, 0.29) is 18.1 Å². The number of carbonyl (C=O) groups excluding carboxylic acids is 1. The van der Waals surface area contributed by atoms with E-state index < -0.39 is 0 Å². The van der Waals surface area contributed by atoms with E-state index >= 15 is 0 Å². The van der Waals surface area contributed by atoms with Gasteiger partial charge < -0.3 is 20.1 Å². The van der Waals surface area contributed by atoms with Crippen molar-refractivity contribution < 1.29 is 14.3 Å². The molecule has 1 aromatic rings. The molecule has 2 N–H and O–H groups in total. The Morgan fingerprint density at radius 3 is 2.62 bits per heavy atom. The molecule has 2 aliphatic rings. The van der Waals surface area contributed by atoms with Crippen LogP contribution in [0.5, 0.6) is 11.5 Å². The summed E-state index contributed by atoms with van der Waals surface area (Å²) >= 11 is 0. The molecule has 1 atom stereocenters. The molecule has 1 aliphatic carbocycles. The van der Waals surface area contributed by atoms with Crippen molar-refractivity contribution in [2.75, 3.05) is 20.2 Å². The highest BCUT2D eigenvalue weighted by Gasteiger charge is 2.27. The maximum atomic E-state index is 12.9. The fourth-order valence-electron chi connectivity index (χ4n) is 3.76. The Kier molecular flexibility index (Phi) is 5.61. The van der Waals surface area contributed by atoms with E-state index in [1.54, 1.807) is 13.2 Å². The summed E-state index contributed by atoms with van der Waals surface area (Å²) in [5, 5.41) is 0. The second-order valence-electron chi connectivity index (χ2n) is 6.77. The minimum Gasteiger partial charge on any atom is -0.493 e. The lowest BCUT2D eigenvalue weighted by Gasteiger charge is -2.35. The van der Waals surface area contributed by atoms with Gasteiger partial charge in [0.2, 0.25) is 0 Å². The Hall–Kier alpha value is -1.75. The quantitative estimate of drug-likeness (QED) is 0.900. The van der Waals surface area contributed by atoms with Crippen LogP contribution in [0.1, 0.15) is 55.3 Å². The van der Waals surface area contributed by atoms with E-state index in [0.29, 0.717) is 17.9 Å². The summed E-state index contributed by atoms with van der Waals surface area (Å²) in [5.41, 5.74) is 6.49. The highest BCUT2D eigenvalue weighted by Crippen LogP contribution is 2.33. The number of ether oxygens (including phenoxy) is 2. The van der Waals surface area contributed by atoms with Crippen molar-refractivity contribution in [3.63, 3.8) is 0 Å².